The Morgan fingerprint density at radius 2 is 1.67 bits per heavy atom. The van der Waals surface area contributed by atoms with Gasteiger partial charge in [0.1, 0.15) is 5.37 Å². The minimum atomic E-state index is -0.982. The molecule has 2 aromatic carbocycles. The molecule has 0 saturated heterocycles. The minimum absolute atomic E-state index is 0.0581. The first kappa shape index (κ1) is 10.1. The third kappa shape index (κ3) is 1.20. The highest BCUT2D eigenvalue weighted by atomic mass is 32.2. The number of fused-ring (bicyclic) bond motifs is 5. The van der Waals surface area contributed by atoms with Gasteiger partial charge in [0, 0.05) is 5.69 Å². The molecule has 0 saturated carbocycles. The van der Waals surface area contributed by atoms with Crippen molar-refractivity contribution in [1.29, 1.82) is 0 Å². The molecule has 3 heteroatoms. The van der Waals surface area contributed by atoms with Crippen molar-refractivity contribution in [2.45, 2.75) is 10.3 Å². The van der Waals surface area contributed by atoms with Gasteiger partial charge in [0.15, 0.2) is 0 Å². The van der Waals surface area contributed by atoms with Crippen LogP contribution in [-0.4, -0.2) is 9.58 Å². The third-order valence-corrected chi connectivity index (χ3v) is 5.04. The highest BCUT2D eigenvalue weighted by Gasteiger charge is 2.37. The van der Waals surface area contributed by atoms with Crippen LogP contribution in [0.2, 0.25) is 0 Å². The van der Waals surface area contributed by atoms with Crippen molar-refractivity contribution in [2.75, 3.05) is 4.90 Å². The zero-order valence-corrected chi connectivity index (χ0v) is 10.4. The lowest BCUT2D eigenvalue weighted by atomic mass is 10.1. The molecule has 2 aliphatic rings. The summed E-state index contributed by atoms with van der Waals surface area (Å²) in [7, 11) is -0.982. The summed E-state index contributed by atoms with van der Waals surface area (Å²) >= 11 is 0. The molecule has 88 valence electrons. The highest BCUT2D eigenvalue weighted by molar-refractivity contribution is 7.86. The summed E-state index contributed by atoms with van der Waals surface area (Å²) in [5.74, 6) is 0. The Labute approximate surface area is 108 Å². The van der Waals surface area contributed by atoms with Crippen LogP contribution in [0.5, 0.6) is 0 Å². The Kier molecular flexibility index (Phi) is 2.00. The van der Waals surface area contributed by atoms with Gasteiger partial charge in [0.05, 0.1) is 21.4 Å². The molecule has 0 radical (unpaired) electrons. The first-order valence-electron chi connectivity index (χ1n) is 5.92. The zero-order chi connectivity index (χ0) is 12.1. The maximum atomic E-state index is 12.5. The van der Waals surface area contributed by atoms with Crippen LogP contribution < -0.4 is 4.90 Å². The van der Waals surface area contributed by atoms with Gasteiger partial charge in [-0.1, -0.05) is 36.4 Å². The Morgan fingerprint density at radius 1 is 0.944 bits per heavy atom. The van der Waals surface area contributed by atoms with Crippen LogP contribution in [0.4, 0.5) is 11.4 Å². The second-order valence-electron chi connectivity index (χ2n) is 4.44. The normalized spacial score (nSPS) is 23.4. The average molecular weight is 253 g/mol. The number of nitrogens with zero attached hydrogens (tertiary/aromatic N) is 1. The predicted molar refractivity (Wildman–Crippen MR) is 74.3 cm³/mol. The number of hydrogen-bond donors (Lipinski definition) is 0. The van der Waals surface area contributed by atoms with Gasteiger partial charge in [0.2, 0.25) is 0 Å². The Bertz CT molecular complexity index is 681. The fraction of sp³-hybridized carbons (Fsp3) is 0.0667. The second-order valence-corrected chi connectivity index (χ2v) is 5.96. The molecular weight excluding hydrogens is 242 g/mol. The van der Waals surface area contributed by atoms with Gasteiger partial charge in [-0.25, -0.2) is 0 Å². The van der Waals surface area contributed by atoms with Crippen molar-refractivity contribution >= 4 is 28.3 Å². The Balaban J connectivity index is 2.01. The van der Waals surface area contributed by atoms with Crippen LogP contribution in [0.15, 0.2) is 59.5 Å². The lowest BCUT2D eigenvalue weighted by Crippen LogP contribution is -2.29. The standard InChI is InChI=1S/C15H11NOS/c17-18-14-8-4-3-7-13(14)16-12-6-2-1-5-11(12)9-10-15(16)18/h1-10,15H. The number of anilines is 2. The molecule has 0 bridgehead atoms. The molecule has 2 heterocycles. The molecule has 0 fully saturated rings. The van der Waals surface area contributed by atoms with E-state index < -0.39 is 10.8 Å². The number of benzene rings is 2. The van der Waals surface area contributed by atoms with Crippen molar-refractivity contribution < 1.29 is 4.21 Å². The maximum absolute atomic E-state index is 12.5. The van der Waals surface area contributed by atoms with Crippen LogP contribution >= 0.6 is 0 Å². The largest absolute Gasteiger partial charge is 0.321 e. The molecule has 2 aromatic rings. The highest BCUT2D eigenvalue weighted by Crippen LogP contribution is 2.45. The molecular formula is C15H11NOS. The van der Waals surface area contributed by atoms with E-state index in [0.29, 0.717) is 0 Å². The molecule has 18 heavy (non-hydrogen) atoms. The fourth-order valence-electron chi connectivity index (χ4n) is 2.65. The van der Waals surface area contributed by atoms with Gasteiger partial charge in [-0.05, 0) is 29.8 Å². The zero-order valence-electron chi connectivity index (χ0n) is 9.61. The van der Waals surface area contributed by atoms with Crippen LogP contribution in [0.25, 0.3) is 6.08 Å². The lowest BCUT2D eigenvalue weighted by Gasteiger charge is -2.29. The summed E-state index contributed by atoms with van der Waals surface area (Å²) < 4.78 is 12.5. The van der Waals surface area contributed by atoms with Gasteiger partial charge < -0.3 is 4.90 Å². The molecule has 2 nitrogen and oxygen atoms in total. The van der Waals surface area contributed by atoms with Crippen molar-refractivity contribution in [3.05, 3.63) is 60.2 Å². The van der Waals surface area contributed by atoms with Crippen LogP contribution in [0, 0.1) is 0 Å². The fourth-order valence-corrected chi connectivity index (χ4v) is 4.13. The first-order chi connectivity index (χ1) is 8.86. The second kappa shape index (κ2) is 3.56. The average Bonchev–Trinajstić information content (AvgIpc) is 2.73. The number of hydrogen-bond acceptors (Lipinski definition) is 2. The van der Waals surface area contributed by atoms with E-state index in [1.807, 2.05) is 42.5 Å². The summed E-state index contributed by atoms with van der Waals surface area (Å²) in [4.78, 5) is 3.12. The molecule has 4 rings (SSSR count). The van der Waals surface area contributed by atoms with E-state index in [1.165, 1.54) is 5.56 Å². The monoisotopic (exact) mass is 253 g/mol. The Morgan fingerprint density at radius 3 is 2.56 bits per heavy atom. The summed E-state index contributed by atoms with van der Waals surface area (Å²) in [6.07, 6.45) is 4.11. The lowest BCUT2D eigenvalue weighted by molar-refractivity contribution is 0.681. The molecule has 2 atom stereocenters. The van der Waals surface area contributed by atoms with E-state index in [0.717, 1.165) is 16.3 Å². The molecule has 2 unspecified atom stereocenters. The third-order valence-electron chi connectivity index (χ3n) is 3.45. The molecule has 0 N–H and O–H groups in total. The van der Waals surface area contributed by atoms with Crippen molar-refractivity contribution in [2.24, 2.45) is 0 Å². The van der Waals surface area contributed by atoms with Gasteiger partial charge in [-0.15, -0.1) is 0 Å². The van der Waals surface area contributed by atoms with Crippen molar-refractivity contribution in [1.82, 2.24) is 0 Å². The molecule has 2 aliphatic heterocycles. The predicted octanol–water partition coefficient (Wildman–Crippen LogP) is 3.30. The minimum Gasteiger partial charge on any atom is -0.321 e. The quantitative estimate of drug-likeness (QED) is 0.718. The summed E-state index contributed by atoms with van der Waals surface area (Å²) in [5.41, 5.74) is 3.39. The molecule has 0 spiro atoms. The Hall–Kier alpha value is -1.87. The van der Waals surface area contributed by atoms with E-state index in [-0.39, 0.29) is 5.37 Å². The van der Waals surface area contributed by atoms with E-state index in [1.54, 1.807) is 0 Å². The maximum Gasteiger partial charge on any atom is 0.133 e. The van der Waals surface area contributed by atoms with Gasteiger partial charge >= 0.3 is 0 Å². The first-order valence-corrected chi connectivity index (χ1v) is 7.13. The number of para-hydroxylation sites is 2. The smallest absolute Gasteiger partial charge is 0.133 e. The molecule has 0 aliphatic carbocycles. The topological polar surface area (TPSA) is 20.3 Å². The number of rotatable bonds is 0. The van der Waals surface area contributed by atoms with E-state index in [2.05, 4.69) is 23.1 Å². The van der Waals surface area contributed by atoms with Crippen LogP contribution in [0.1, 0.15) is 5.56 Å². The van der Waals surface area contributed by atoms with Crippen LogP contribution in [0.3, 0.4) is 0 Å². The summed E-state index contributed by atoms with van der Waals surface area (Å²) in [6.45, 7) is 0. The van der Waals surface area contributed by atoms with Gasteiger partial charge in [-0.2, -0.15) is 0 Å². The van der Waals surface area contributed by atoms with Gasteiger partial charge in [0.25, 0.3) is 0 Å². The van der Waals surface area contributed by atoms with E-state index in [4.69, 9.17) is 0 Å². The van der Waals surface area contributed by atoms with E-state index >= 15 is 0 Å². The van der Waals surface area contributed by atoms with E-state index in [9.17, 15) is 4.21 Å². The molecule has 0 aromatic heterocycles. The van der Waals surface area contributed by atoms with Crippen molar-refractivity contribution in [3.63, 3.8) is 0 Å². The van der Waals surface area contributed by atoms with Gasteiger partial charge in [-0.3, -0.25) is 4.21 Å². The van der Waals surface area contributed by atoms with Crippen molar-refractivity contribution in [3.8, 4) is 0 Å². The molecule has 0 amide bonds. The SMILES string of the molecule is O=S1c2ccccc2N2c3ccccc3C=CC21. The summed E-state index contributed by atoms with van der Waals surface area (Å²) in [6, 6.07) is 16.2. The summed E-state index contributed by atoms with van der Waals surface area (Å²) in [5, 5.41) is -0.0581. The van der Waals surface area contributed by atoms with Crippen LogP contribution in [-0.2, 0) is 10.8 Å².